The highest BCUT2D eigenvalue weighted by Gasteiger charge is 2.11. The minimum absolute atomic E-state index is 0.0949. The first-order valence-corrected chi connectivity index (χ1v) is 13.1. The smallest absolute Gasteiger partial charge is 0.340 e. The standard InChI is InChI=1S/C9H6FNO2.C8H4FNO2.C3H9ClSi.CH4O/c1-11-6-3-4-7(8(10)5-6)9(12)13-2;1-10-5-2-3-6(8(11)12)7(9)4-5;1-5(2,3)4;1-2/h3-5H,2H3;2-4H,(H,11,12);1-3H3;2H,1H3. The van der Waals surface area contributed by atoms with Crippen LogP contribution in [0.3, 0.4) is 0 Å². The minimum atomic E-state index is -1.33. The number of nitrogens with zero attached hydrogens (tertiary/aromatic N) is 2. The largest absolute Gasteiger partial charge is 0.478 e. The van der Waals surface area contributed by atoms with Gasteiger partial charge in [0.25, 0.3) is 0 Å². The van der Waals surface area contributed by atoms with Gasteiger partial charge in [-0.2, -0.15) is 11.1 Å². The Bertz CT molecular complexity index is 993. The second-order valence-corrected chi connectivity index (χ2v) is 14.0. The van der Waals surface area contributed by atoms with Gasteiger partial charge in [-0.1, -0.05) is 43.9 Å². The Labute approximate surface area is 191 Å². The van der Waals surface area contributed by atoms with Gasteiger partial charge in [0, 0.05) is 7.11 Å². The molecule has 0 aliphatic rings. The first-order valence-electron chi connectivity index (χ1n) is 8.63. The zero-order chi connectivity index (χ0) is 25.5. The molecule has 0 heterocycles. The van der Waals surface area contributed by atoms with Gasteiger partial charge in [-0.05, 0) is 12.1 Å². The second-order valence-electron chi connectivity index (χ2n) is 6.42. The van der Waals surface area contributed by atoms with E-state index in [2.05, 4.69) is 34.1 Å². The van der Waals surface area contributed by atoms with Crippen LogP contribution in [0.2, 0.25) is 19.6 Å². The van der Waals surface area contributed by atoms with Gasteiger partial charge in [0.2, 0.25) is 0 Å². The number of aliphatic hydroxyl groups is 1. The molecule has 0 spiro atoms. The summed E-state index contributed by atoms with van der Waals surface area (Å²) in [4.78, 5) is 27.2. The zero-order valence-electron chi connectivity index (χ0n) is 18.1. The van der Waals surface area contributed by atoms with E-state index in [0.29, 0.717) is 0 Å². The predicted molar refractivity (Wildman–Crippen MR) is 121 cm³/mol. The summed E-state index contributed by atoms with van der Waals surface area (Å²) in [6, 6.07) is 6.83. The summed E-state index contributed by atoms with van der Waals surface area (Å²) < 4.78 is 30.1. The van der Waals surface area contributed by atoms with Crippen molar-refractivity contribution in [3.05, 3.63) is 82.0 Å². The third-order valence-corrected chi connectivity index (χ3v) is 2.80. The van der Waals surface area contributed by atoms with Crippen LogP contribution in [0.15, 0.2) is 36.4 Å². The molecular weight excluding hydrogens is 462 g/mol. The average Bonchev–Trinajstić information content (AvgIpc) is 2.73. The van der Waals surface area contributed by atoms with Crippen LogP contribution in [-0.2, 0) is 4.74 Å². The first kappa shape index (κ1) is 30.9. The van der Waals surface area contributed by atoms with Gasteiger partial charge in [-0.25, -0.2) is 28.1 Å². The van der Waals surface area contributed by atoms with E-state index in [1.54, 1.807) is 0 Å². The highest BCUT2D eigenvalue weighted by molar-refractivity contribution is 7.18. The number of methoxy groups -OCH3 is 1. The van der Waals surface area contributed by atoms with Crippen LogP contribution < -0.4 is 0 Å². The van der Waals surface area contributed by atoms with Crippen molar-refractivity contribution in [1.82, 2.24) is 0 Å². The zero-order valence-corrected chi connectivity index (χ0v) is 19.9. The Morgan fingerprint density at radius 1 is 0.938 bits per heavy atom. The normalized spacial score (nSPS) is 9.09. The van der Waals surface area contributed by atoms with Crippen molar-refractivity contribution in [3.8, 4) is 0 Å². The molecule has 0 amide bonds. The van der Waals surface area contributed by atoms with Crippen LogP contribution in [0.4, 0.5) is 20.2 Å². The molecule has 0 aliphatic heterocycles. The molecular formula is C21H23ClF2N2O5Si. The Kier molecular flexibility index (Phi) is 14.9. The molecule has 32 heavy (non-hydrogen) atoms. The number of esters is 1. The second kappa shape index (κ2) is 15.5. The molecule has 2 N–H and O–H groups in total. The van der Waals surface area contributed by atoms with E-state index >= 15 is 0 Å². The summed E-state index contributed by atoms with van der Waals surface area (Å²) in [5.74, 6) is -3.69. The Morgan fingerprint density at radius 2 is 1.28 bits per heavy atom. The third kappa shape index (κ3) is 13.1. The number of carbonyl (C=O) groups excluding carboxylic acids is 1. The van der Waals surface area contributed by atoms with Gasteiger partial charge in [0.05, 0.1) is 31.4 Å². The third-order valence-electron chi connectivity index (χ3n) is 2.80. The summed E-state index contributed by atoms with van der Waals surface area (Å²) in [6.07, 6.45) is 0. The van der Waals surface area contributed by atoms with Crippen LogP contribution in [0.25, 0.3) is 9.69 Å². The van der Waals surface area contributed by atoms with Gasteiger partial charge in [0.1, 0.15) is 19.0 Å². The molecule has 0 aliphatic carbocycles. The average molecular weight is 485 g/mol. The first-order chi connectivity index (χ1) is 14.8. The van der Waals surface area contributed by atoms with Gasteiger partial charge in [0.15, 0.2) is 11.4 Å². The van der Waals surface area contributed by atoms with Crippen LogP contribution in [0, 0.1) is 24.8 Å². The van der Waals surface area contributed by atoms with E-state index in [0.717, 1.165) is 25.3 Å². The van der Waals surface area contributed by atoms with E-state index in [9.17, 15) is 18.4 Å². The lowest BCUT2D eigenvalue weighted by Crippen LogP contribution is -2.06. The van der Waals surface area contributed by atoms with Crippen molar-refractivity contribution < 1.29 is 33.3 Å². The fourth-order valence-corrected chi connectivity index (χ4v) is 1.60. The maximum Gasteiger partial charge on any atom is 0.340 e. The molecule has 0 unspecified atom stereocenters. The molecule has 0 radical (unpaired) electrons. The number of rotatable bonds is 2. The summed E-state index contributed by atoms with van der Waals surface area (Å²) >= 11 is 5.67. The maximum absolute atomic E-state index is 13.0. The number of ether oxygens (including phenoxy) is 1. The summed E-state index contributed by atoms with van der Waals surface area (Å²) in [5.41, 5.74) is -0.319. The Morgan fingerprint density at radius 3 is 1.53 bits per heavy atom. The quantitative estimate of drug-likeness (QED) is 0.239. The SMILES string of the molecule is CO.C[Si](C)(C)Cl.[C-]#[N+]c1ccc(C(=O)O)c(F)c1.[C-]#[N+]c1ccc(C(=O)OC)c(F)c1. The van der Waals surface area contributed by atoms with Crippen molar-refractivity contribution >= 4 is 41.8 Å². The lowest BCUT2D eigenvalue weighted by atomic mass is 10.2. The Balaban J connectivity index is 0. The van der Waals surface area contributed by atoms with E-state index in [4.69, 9.17) is 34.4 Å². The fourth-order valence-electron chi connectivity index (χ4n) is 1.60. The van der Waals surface area contributed by atoms with Gasteiger partial charge in [-0.3, -0.25) is 0 Å². The lowest BCUT2D eigenvalue weighted by molar-refractivity contribution is 0.0594. The minimum Gasteiger partial charge on any atom is -0.478 e. The maximum atomic E-state index is 13.0. The molecule has 0 saturated heterocycles. The van der Waals surface area contributed by atoms with Gasteiger partial charge >= 0.3 is 11.9 Å². The van der Waals surface area contributed by atoms with Crippen molar-refractivity contribution in [3.63, 3.8) is 0 Å². The summed E-state index contributed by atoms with van der Waals surface area (Å²) in [5, 5.41) is 15.4. The number of aliphatic hydroxyl groups excluding tert-OH is 1. The van der Waals surface area contributed by atoms with E-state index < -0.39 is 36.5 Å². The summed E-state index contributed by atoms with van der Waals surface area (Å²) in [6.45, 7) is 19.4. The Hall–Kier alpha value is -3.31. The van der Waals surface area contributed by atoms with E-state index in [1.807, 2.05) is 0 Å². The van der Waals surface area contributed by atoms with E-state index in [-0.39, 0.29) is 16.9 Å². The topological polar surface area (TPSA) is 92.5 Å². The van der Waals surface area contributed by atoms with Crippen molar-refractivity contribution in [2.24, 2.45) is 0 Å². The molecule has 0 aromatic heterocycles. The van der Waals surface area contributed by atoms with Crippen LogP contribution in [-0.4, -0.2) is 43.8 Å². The number of carboxylic acid groups (broad SMARTS) is 1. The molecule has 11 heteroatoms. The highest BCUT2D eigenvalue weighted by atomic mass is 35.6. The molecule has 0 bridgehead atoms. The monoisotopic (exact) mass is 484 g/mol. The van der Waals surface area contributed by atoms with Gasteiger partial charge in [-0.15, -0.1) is 0 Å². The molecule has 172 valence electrons. The molecule has 2 aromatic carbocycles. The number of aromatic carboxylic acids is 1. The lowest BCUT2D eigenvalue weighted by Gasteiger charge is -2.00. The molecule has 2 aromatic rings. The van der Waals surface area contributed by atoms with E-state index in [1.165, 1.54) is 25.3 Å². The molecule has 0 atom stereocenters. The van der Waals surface area contributed by atoms with Crippen molar-refractivity contribution in [2.45, 2.75) is 19.6 Å². The van der Waals surface area contributed by atoms with Crippen molar-refractivity contribution in [2.75, 3.05) is 14.2 Å². The summed E-state index contributed by atoms with van der Waals surface area (Å²) in [7, 11) is 1.03. The number of carboxylic acids is 1. The number of hydrogen-bond donors (Lipinski definition) is 2. The molecule has 2 rings (SSSR count). The fraction of sp³-hybridized carbons (Fsp3) is 0.238. The van der Waals surface area contributed by atoms with Gasteiger partial charge < -0.3 is 14.9 Å². The molecule has 0 fully saturated rings. The van der Waals surface area contributed by atoms with Crippen LogP contribution in [0.1, 0.15) is 20.7 Å². The highest BCUT2D eigenvalue weighted by Crippen LogP contribution is 2.18. The number of benzene rings is 2. The number of carbonyl (C=O) groups is 2. The number of hydrogen-bond acceptors (Lipinski definition) is 4. The van der Waals surface area contributed by atoms with Crippen LogP contribution >= 0.6 is 11.1 Å². The van der Waals surface area contributed by atoms with Crippen molar-refractivity contribution in [1.29, 1.82) is 0 Å². The predicted octanol–water partition coefficient (Wildman–Crippen LogP) is 5.91. The number of halogens is 3. The molecule has 7 nitrogen and oxygen atoms in total. The molecule has 0 saturated carbocycles. The van der Waals surface area contributed by atoms with Crippen LogP contribution in [0.5, 0.6) is 0 Å².